The molecular weight excluding hydrogens is 404 g/mol. The maximum Gasteiger partial charge on any atom is 0.226 e. The number of nitrogens with one attached hydrogen (secondary N) is 2. The van der Waals surface area contributed by atoms with Gasteiger partial charge < -0.3 is 10.6 Å². The van der Waals surface area contributed by atoms with Crippen molar-refractivity contribution < 1.29 is 4.79 Å². The van der Waals surface area contributed by atoms with Gasteiger partial charge in [-0.3, -0.25) is 4.79 Å². The topological polar surface area (TPSA) is 66.9 Å². The summed E-state index contributed by atoms with van der Waals surface area (Å²) in [6.45, 7) is 6.81. The number of carbonyl (C=O) groups is 1. The Bertz CT molecular complexity index is 1200. The van der Waals surface area contributed by atoms with Crippen molar-refractivity contribution in [2.75, 3.05) is 17.2 Å². The fourth-order valence-electron chi connectivity index (χ4n) is 3.59. The molecule has 0 atom stereocenters. The van der Waals surface area contributed by atoms with Crippen LogP contribution in [-0.4, -0.2) is 22.4 Å². The van der Waals surface area contributed by atoms with Crippen molar-refractivity contribution in [1.82, 2.24) is 9.97 Å². The van der Waals surface area contributed by atoms with Crippen molar-refractivity contribution in [2.24, 2.45) is 0 Å². The predicted octanol–water partition coefficient (Wildman–Crippen LogP) is 5.98. The highest BCUT2D eigenvalue weighted by Crippen LogP contribution is 2.40. The maximum absolute atomic E-state index is 12.4. The van der Waals surface area contributed by atoms with Gasteiger partial charge in [-0.25, -0.2) is 9.97 Å². The molecular formula is C25H26N4OS. The van der Waals surface area contributed by atoms with Gasteiger partial charge in [0.25, 0.3) is 0 Å². The van der Waals surface area contributed by atoms with Crippen LogP contribution in [0.15, 0.2) is 54.9 Å². The van der Waals surface area contributed by atoms with Crippen LogP contribution in [0.5, 0.6) is 0 Å². The van der Waals surface area contributed by atoms with Gasteiger partial charge in [-0.1, -0.05) is 48.9 Å². The van der Waals surface area contributed by atoms with E-state index >= 15 is 0 Å². The number of anilines is 2. The third-order valence-corrected chi connectivity index (χ3v) is 6.31. The second-order valence-corrected chi connectivity index (χ2v) is 8.78. The second kappa shape index (κ2) is 9.27. The van der Waals surface area contributed by atoms with E-state index in [2.05, 4.69) is 65.6 Å². The van der Waals surface area contributed by atoms with Gasteiger partial charge >= 0.3 is 0 Å². The summed E-state index contributed by atoms with van der Waals surface area (Å²) in [6, 6.07) is 16.5. The minimum Gasteiger partial charge on any atom is -0.369 e. The molecule has 0 saturated carbocycles. The number of fused-ring (bicyclic) bond motifs is 1. The molecule has 2 N–H and O–H groups in total. The number of nitrogens with zero attached hydrogens (tertiary/aromatic N) is 2. The number of hydrogen-bond acceptors (Lipinski definition) is 5. The molecule has 0 saturated heterocycles. The summed E-state index contributed by atoms with van der Waals surface area (Å²) in [5, 5.41) is 7.32. The van der Waals surface area contributed by atoms with Gasteiger partial charge in [-0.05, 0) is 43.5 Å². The summed E-state index contributed by atoms with van der Waals surface area (Å²) in [6.07, 6.45) is 2.91. The van der Waals surface area contributed by atoms with E-state index in [0.717, 1.165) is 39.3 Å². The summed E-state index contributed by atoms with van der Waals surface area (Å²) in [5.74, 6) is 0.743. The van der Waals surface area contributed by atoms with Crippen LogP contribution in [0.2, 0.25) is 0 Å². The highest BCUT2D eigenvalue weighted by Gasteiger charge is 2.16. The van der Waals surface area contributed by atoms with Crippen molar-refractivity contribution in [1.29, 1.82) is 0 Å². The van der Waals surface area contributed by atoms with Crippen LogP contribution in [0.1, 0.15) is 29.3 Å². The molecule has 1 amide bonds. The molecule has 4 rings (SSSR count). The monoisotopic (exact) mass is 430 g/mol. The van der Waals surface area contributed by atoms with Gasteiger partial charge in [0, 0.05) is 29.1 Å². The van der Waals surface area contributed by atoms with Crippen LogP contribution in [0.3, 0.4) is 0 Å². The molecule has 0 aliphatic carbocycles. The molecule has 0 aliphatic heterocycles. The number of rotatable bonds is 7. The van der Waals surface area contributed by atoms with E-state index in [1.54, 1.807) is 17.7 Å². The molecule has 0 radical (unpaired) electrons. The van der Waals surface area contributed by atoms with Gasteiger partial charge in [0.2, 0.25) is 5.91 Å². The van der Waals surface area contributed by atoms with Crippen LogP contribution in [0, 0.1) is 13.8 Å². The Hall–Kier alpha value is -3.25. The fraction of sp³-hybridized carbons (Fsp3) is 0.240. The third-order valence-electron chi connectivity index (χ3n) is 5.30. The first kappa shape index (κ1) is 21.0. The molecule has 0 aliphatic rings. The normalized spacial score (nSPS) is 10.9. The number of hydrogen-bond donors (Lipinski definition) is 2. The zero-order valence-electron chi connectivity index (χ0n) is 18.0. The van der Waals surface area contributed by atoms with Gasteiger partial charge in [0.1, 0.15) is 17.0 Å². The molecule has 31 heavy (non-hydrogen) atoms. The third kappa shape index (κ3) is 4.75. The summed E-state index contributed by atoms with van der Waals surface area (Å²) in [5.41, 5.74) is 5.61. The zero-order chi connectivity index (χ0) is 21.8. The van der Waals surface area contributed by atoms with E-state index < -0.39 is 0 Å². The highest BCUT2D eigenvalue weighted by atomic mass is 32.1. The number of aryl methyl sites for hydroxylation is 3. The quantitative estimate of drug-likeness (QED) is 0.379. The first-order chi connectivity index (χ1) is 15.0. The summed E-state index contributed by atoms with van der Waals surface area (Å²) < 4.78 is 0. The maximum atomic E-state index is 12.4. The first-order valence-corrected chi connectivity index (χ1v) is 11.3. The van der Waals surface area contributed by atoms with E-state index in [1.165, 1.54) is 16.0 Å². The van der Waals surface area contributed by atoms with Gasteiger partial charge in [0.05, 0.1) is 5.39 Å². The largest absolute Gasteiger partial charge is 0.369 e. The first-order valence-electron chi connectivity index (χ1n) is 10.5. The zero-order valence-corrected chi connectivity index (χ0v) is 18.8. The smallest absolute Gasteiger partial charge is 0.226 e. The number of thiophene rings is 1. The van der Waals surface area contributed by atoms with E-state index in [4.69, 9.17) is 0 Å². The number of amides is 1. The van der Waals surface area contributed by atoms with E-state index in [9.17, 15) is 4.79 Å². The molecule has 0 spiro atoms. The molecule has 158 valence electrons. The van der Waals surface area contributed by atoms with Crippen molar-refractivity contribution in [3.8, 4) is 11.1 Å². The van der Waals surface area contributed by atoms with Gasteiger partial charge in [-0.15, -0.1) is 11.3 Å². The van der Waals surface area contributed by atoms with Crippen molar-refractivity contribution in [3.05, 3.63) is 70.9 Å². The lowest BCUT2D eigenvalue weighted by Gasteiger charge is -2.10. The lowest BCUT2D eigenvalue weighted by molar-refractivity contribution is -0.115. The Labute approximate surface area is 186 Å². The molecule has 5 nitrogen and oxygen atoms in total. The Morgan fingerprint density at radius 1 is 1.00 bits per heavy atom. The second-order valence-electron chi connectivity index (χ2n) is 7.58. The molecule has 2 aromatic carbocycles. The summed E-state index contributed by atoms with van der Waals surface area (Å²) in [4.78, 5) is 23.5. The Morgan fingerprint density at radius 2 is 1.74 bits per heavy atom. The van der Waals surface area contributed by atoms with Crippen LogP contribution in [0.4, 0.5) is 11.5 Å². The SMILES string of the molecule is CCc1ccc(NC(=O)CCNc2ncnc3sc(C)c(-c4ccc(C)cc4)c23)cc1. The van der Waals surface area contributed by atoms with Crippen molar-refractivity contribution in [2.45, 2.75) is 33.6 Å². The molecule has 0 unspecified atom stereocenters. The number of aromatic nitrogens is 2. The number of benzene rings is 2. The van der Waals surface area contributed by atoms with Crippen molar-refractivity contribution >= 4 is 39.0 Å². The van der Waals surface area contributed by atoms with Crippen molar-refractivity contribution in [3.63, 3.8) is 0 Å². The van der Waals surface area contributed by atoms with Crippen LogP contribution < -0.4 is 10.6 Å². The minimum absolute atomic E-state index is 0.0256. The van der Waals surface area contributed by atoms with E-state index in [0.29, 0.717) is 13.0 Å². The van der Waals surface area contributed by atoms with Gasteiger partial charge in [0.15, 0.2) is 0 Å². The predicted molar refractivity (Wildman–Crippen MR) is 130 cm³/mol. The Kier molecular flexibility index (Phi) is 6.28. The van der Waals surface area contributed by atoms with Crippen LogP contribution >= 0.6 is 11.3 Å². The lowest BCUT2D eigenvalue weighted by atomic mass is 10.0. The van der Waals surface area contributed by atoms with E-state index in [1.807, 2.05) is 24.3 Å². The molecule has 4 aromatic rings. The van der Waals surface area contributed by atoms with E-state index in [-0.39, 0.29) is 5.91 Å². The minimum atomic E-state index is -0.0256. The fourth-order valence-corrected chi connectivity index (χ4v) is 4.60. The van der Waals surface area contributed by atoms with Crippen LogP contribution in [-0.2, 0) is 11.2 Å². The summed E-state index contributed by atoms with van der Waals surface area (Å²) >= 11 is 1.67. The number of carbonyl (C=O) groups excluding carboxylic acids is 1. The van der Waals surface area contributed by atoms with Gasteiger partial charge in [-0.2, -0.15) is 0 Å². The average Bonchev–Trinajstić information content (AvgIpc) is 3.11. The molecule has 2 aromatic heterocycles. The standard InChI is InChI=1S/C25H26N4OS/c1-4-18-7-11-20(12-8-18)29-21(30)13-14-26-24-23-22(19-9-5-16(2)6-10-19)17(3)31-25(23)28-15-27-24/h5-12,15H,4,13-14H2,1-3H3,(H,29,30)(H,26,27,28). The molecule has 2 heterocycles. The molecule has 0 fully saturated rings. The Morgan fingerprint density at radius 3 is 2.45 bits per heavy atom. The molecule has 0 bridgehead atoms. The van der Waals surface area contributed by atoms with Crippen LogP contribution in [0.25, 0.3) is 21.3 Å². The average molecular weight is 431 g/mol. The molecule has 6 heteroatoms. The highest BCUT2D eigenvalue weighted by molar-refractivity contribution is 7.19. The lowest BCUT2D eigenvalue weighted by Crippen LogP contribution is -2.16. The Balaban J connectivity index is 1.48. The summed E-state index contributed by atoms with van der Waals surface area (Å²) in [7, 11) is 0.